The molecule has 0 aromatic carbocycles. The van der Waals surface area contributed by atoms with Crippen LogP contribution in [0.4, 0.5) is 11.5 Å². The topological polar surface area (TPSA) is 121 Å². The summed E-state index contributed by atoms with van der Waals surface area (Å²) in [5, 5.41) is 11.8. The summed E-state index contributed by atoms with van der Waals surface area (Å²) < 4.78 is 0. The van der Waals surface area contributed by atoms with Crippen LogP contribution in [0, 0.1) is 5.92 Å². The Hall–Kier alpha value is -2.31. The Morgan fingerprint density at radius 1 is 1.59 bits per heavy atom. The number of aromatic amines is 1. The van der Waals surface area contributed by atoms with Crippen LogP contribution in [0.1, 0.15) is 6.42 Å². The highest BCUT2D eigenvalue weighted by Gasteiger charge is 2.24. The number of nitrogens with two attached hydrogens (primary N) is 1. The van der Waals surface area contributed by atoms with Crippen LogP contribution >= 0.6 is 0 Å². The molecule has 1 aromatic heterocycles. The van der Waals surface area contributed by atoms with Gasteiger partial charge in [0.2, 0.25) is 0 Å². The summed E-state index contributed by atoms with van der Waals surface area (Å²) >= 11 is 0. The van der Waals surface area contributed by atoms with Gasteiger partial charge in [0.15, 0.2) is 5.82 Å². The zero-order chi connectivity index (χ0) is 12.4. The lowest BCUT2D eigenvalue weighted by atomic mass is 10.1. The van der Waals surface area contributed by atoms with Crippen molar-refractivity contribution in [1.82, 2.24) is 9.97 Å². The number of aliphatic carboxylic acids is 1. The lowest BCUT2D eigenvalue weighted by Gasteiger charge is -2.13. The number of hydrogen-bond donors (Lipinski definition) is 4. The monoisotopic (exact) mass is 236 g/mol. The van der Waals surface area contributed by atoms with Gasteiger partial charge in [0.25, 0.3) is 5.56 Å². The highest BCUT2D eigenvalue weighted by Crippen LogP contribution is 2.21. The summed E-state index contributed by atoms with van der Waals surface area (Å²) in [6.45, 7) is 0. The summed E-state index contributed by atoms with van der Waals surface area (Å²) in [6.07, 6.45) is 5.02. The molecule has 1 heterocycles. The third kappa shape index (κ3) is 2.27. The van der Waals surface area contributed by atoms with Gasteiger partial charge in [0.05, 0.1) is 12.2 Å². The fourth-order valence-corrected chi connectivity index (χ4v) is 1.69. The van der Waals surface area contributed by atoms with Crippen LogP contribution in [0.25, 0.3) is 0 Å². The first kappa shape index (κ1) is 11.2. The summed E-state index contributed by atoms with van der Waals surface area (Å²) in [7, 11) is 0. The average molecular weight is 236 g/mol. The molecule has 0 saturated carbocycles. The number of carboxylic acid groups (broad SMARTS) is 1. The van der Waals surface area contributed by atoms with Gasteiger partial charge in [0, 0.05) is 6.04 Å². The minimum absolute atomic E-state index is 0.000301. The number of nitrogen functional groups attached to an aromatic ring is 1. The Balaban J connectivity index is 2.09. The molecule has 1 aromatic rings. The second-order valence-electron chi connectivity index (χ2n) is 3.81. The molecule has 90 valence electrons. The van der Waals surface area contributed by atoms with E-state index in [4.69, 9.17) is 10.8 Å². The van der Waals surface area contributed by atoms with Crippen LogP contribution in [0.15, 0.2) is 23.3 Å². The van der Waals surface area contributed by atoms with Crippen molar-refractivity contribution in [2.24, 2.45) is 5.92 Å². The quantitative estimate of drug-likeness (QED) is 0.539. The normalized spacial score (nSPS) is 22.6. The summed E-state index contributed by atoms with van der Waals surface area (Å²) in [5.74, 6) is -1.09. The molecule has 0 aliphatic heterocycles. The predicted molar refractivity (Wildman–Crippen MR) is 61.6 cm³/mol. The molecule has 0 amide bonds. The molecular formula is C10H12N4O3. The van der Waals surface area contributed by atoms with Crippen LogP contribution in [-0.4, -0.2) is 27.1 Å². The Labute approximate surface area is 96.4 Å². The number of anilines is 2. The molecule has 0 radical (unpaired) electrons. The zero-order valence-corrected chi connectivity index (χ0v) is 8.88. The molecule has 0 bridgehead atoms. The van der Waals surface area contributed by atoms with Crippen LogP contribution < -0.4 is 16.6 Å². The minimum atomic E-state index is -0.864. The highest BCUT2D eigenvalue weighted by molar-refractivity contribution is 5.73. The van der Waals surface area contributed by atoms with Gasteiger partial charge in [-0.25, -0.2) is 4.98 Å². The van der Waals surface area contributed by atoms with Crippen molar-refractivity contribution in [3.63, 3.8) is 0 Å². The molecule has 7 nitrogen and oxygen atoms in total. The smallest absolute Gasteiger partial charge is 0.310 e. The van der Waals surface area contributed by atoms with Crippen molar-refractivity contribution in [2.75, 3.05) is 11.1 Å². The van der Waals surface area contributed by atoms with Gasteiger partial charge in [-0.2, -0.15) is 0 Å². The van der Waals surface area contributed by atoms with Gasteiger partial charge in [-0.3, -0.25) is 9.59 Å². The van der Waals surface area contributed by atoms with Gasteiger partial charge < -0.3 is 21.1 Å². The van der Waals surface area contributed by atoms with E-state index in [2.05, 4.69) is 15.3 Å². The highest BCUT2D eigenvalue weighted by atomic mass is 16.4. The SMILES string of the molecule is Nc1c(NC2C=CC(C(=O)O)C2)nc[nH]c1=O. The standard InChI is InChI=1S/C10H12N4O3/c11-7-8(12-4-13-9(7)15)14-6-2-1-5(3-6)10(16)17/h1-2,4-6H,3,11H2,(H,16,17)(H2,12,13,14,15). The molecular weight excluding hydrogens is 224 g/mol. The molecule has 2 rings (SSSR count). The number of H-pyrrole nitrogens is 1. The lowest BCUT2D eigenvalue weighted by Crippen LogP contribution is -2.23. The Morgan fingerprint density at radius 3 is 3.00 bits per heavy atom. The van der Waals surface area contributed by atoms with Crippen LogP contribution in [0.5, 0.6) is 0 Å². The molecule has 5 N–H and O–H groups in total. The maximum atomic E-state index is 11.2. The van der Waals surface area contributed by atoms with Gasteiger partial charge in [-0.1, -0.05) is 12.2 Å². The second-order valence-corrected chi connectivity index (χ2v) is 3.81. The van der Waals surface area contributed by atoms with Crippen LogP contribution in [0.2, 0.25) is 0 Å². The first-order valence-corrected chi connectivity index (χ1v) is 5.08. The third-order valence-corrected chi connectivity index (χ3v) is 2.61. The van der Waals surface area contributed by atoms with Gasteiger partial charge >= 0.3 is 5.97 Å². The minimum Gasteiger partial charge on any atom is -0.481 e. The number of aromatic nitrogens is 2. The van der Waals surface area contributed by atoms with Gasteiger partial charge in [-0.15, -0.1) is 0 Å². The summed E-state index contributed by atoms with van der Waals surface area (Å²) in [6, 6.07) is -0.173. The zero-order valence-electron chi connectivity index (χ0n) is 8.88. The fourth-order valence-electron chi connectivity index (χ4n) is 1.69. The van der Waals surface area contributed by atoms with E-state index in [1.54, 1.807) is 12.2 Å². The third-order valence-electron chi connectivity index (χ3n) is 2.61. The van der Waals surface area contributed by atoms with Crippen molar-refractivity contribution >= 4 is 17.5 Å². The van der Waals surface area contributed by atoms with E-state index in [-0.39, 0.29) is 17.5 Å². The van der Waals surface area contributed by atoms with Crippen molar-refractivity contribution in [3.8, 4) is 0 Å². The Morgan fingerprint density at radius 2 is 2.35 bits per heavy atom. The molecule has 0 fully saturated rings. The molecule has 7 heteroatoms. The number of nitrogens with one attached hydrogen (secondary N) is 2. The maximum absolute atomic E-state index is 11.2. The maximum Gasteiger partial charge on any atom is 0.310 e. The first-order chi connectivity index (χ1) is 8.08. The summed E-state index contributed by atoms with van der Waals surface area (Å²) in [5.41, 5.74) is 5.13. The van der Waals surface area contributed by atoms with Gasteiger partial charge in [-0.05, 0) is 6.42 Å². The molecule has 0 saturated heterocycles. The van der Waals surface area contributed by atoms with E-state index in [1.165, 1.54) is 6.33 Å². The number of nitrogens with zero attached hydrogens (tertiary/aromatic N) is 1. The summed E-state index contributed by atoms with van der Waals surface area (Å²) in [4.78, 5) is 28.2. The average Bonchev–Trinajstić information content (AvgIpc) is 2.73. The fraction of sp³-hybridized carbons (Fsp3) is 0.300. The van der Waals surface area contributed by atoms with Crippen LogP contribution in [-0.2, 0) is 4.79 Å². The van der Waals surface area contributed by atoms with Gasteiger partial charge in [0.1, 0.15) is 5.69 Å². The largest absolute Gasteiger partial charge is 0.481 e. The molecule has 1 aliphatic rings. The number of carboxylic acids is 1. The first-order valence-electron chi connectivity index (χ1n) is 5.08. The number of carbonyl (C=O) groups is 1. The van der Waals surface area contributed by atoms with Crippen LogP contribution in [0.3, 0.4) is 0 Å². The van der Waals surface area contributed by atoms with Crippen molar-refractivity contribution in [2.45, 2.75) is 12.5 Å². The molecule has 1 aliphatic carbocycles. The van der Waals surface area contributed by atoms with E-state index in [0.29, 0.717) is 6.42 Å². The van der Waals surface area contributed by atoms with Crippen molar-refractivity contribution < 1.29 is 9.90 Å². The van der Waals surface area contributed by atoms with E-state index >= 15 is 0 Å². The molecule has 2 unspecified atom stereocenters. The predicted octanol–water partition coefficient (Wildman–Crippen LogP) is -0.207. The van der Waals surface area contributed by atoms with E-state index in [0.717, 1.165) is 0 Å². The Kier molecular flexibility index (Phi) is 2.82. The number of rotatable bonds is 3. The van der Waals surface area contributed by atoms with Crippen molar-refractivity contribution in [3.05, 3.63) is 28.8 Å². The Bertz CT molecular complexity index is 523. The number of hydrogen-bond acceptors (Lipinski definition) is 5. The molecule has 0 spiro atoms. The van der Waals surface area contributed by atoms with E-state index in [9.17, 15) is 9.59 Å². The van der Waals surface area contributed by atoms with E-state index < -0.39 is 17.4 Å². The lowest BCUT2D eigenvalue weighted by molar-refractivity contribution is -0.140. The van der Waals surface area contributed by atoms with E-state index in [1.807, 2.05) is 0 Å². The van der Waals surface area contributed by atoms with Crippen molar-refractivity contribution in [1.29, 1.82) is 0 Å². The molecule has 17 heavy (non-hydrogen) atoms. The molecule has 2 atom stereocenters. The second kappa shape index (κ2) is 4.28.